The van der Waals surface area contributed by atoms with Crippen LogP contribution in [0.5, 0.6) is 0 Å². The van der Waals surface area contributed by atoms with Crippen molar-refractivity contribution in [1.82, 2.24) is 9.88 Å². The number of nitrogens with zero attached hydrogens (tertiary/aromatic N) is 1. The van der Waals surface area contributed by atoms with Crippen LogP contribution in [0.1, 0.15) is 57.7 Å². The molecule has 5 nitrogen and oxygen atoms in total. The summed E-state index contributed by atoms with van der Waals surface area (Å²) < 4.78 is 0. The minimum Gasteiger partial charge on any atom is -0.358 e. The Bertz CT molecular complexity index is 1080. The number of carbonyl (C=O) groups excluding carboxylic acids is 2. The van der Waals surface area contributed by atoms with Crippen LogP contribution in [0.2, 0.25) is 0 Å². The van der Waals surface area contributed by atoms with Crippen molar-refractivity contribution in [2.45, 2.75) is 38.5 Å². The first-order valence-corrected chi connectivity index (χ1v) is 10.5. The molecule has 0 radical (unpaired) electrons. The first-order valence-electron chi connectivity index (χ1n) is 10.5. The van der Waals surface area contributed by atoms with Gasteiger partial charge < -0.3 is 15.2 Å². The van der Waals surface area contributed by atoms with Gasteiger partial charge in [-0.15, -0.1) is 0 Å². The van der Waals surface area contributed by atoms with E-state index in [0.717, 1.165) is 44.3 Å². The summed E-state index contributed by atoms with van der Waals surface area (Å²) in [5.41, 5.74) is 5.82. The number of carbonyl (C=O) groups is 2. The highest BCUT2D eigenvalue weighted by molar-refractivity contribution is 6.07. The summed E-state index contributed by atoms with van der Waals surface area (Å²) in [5, 5.41) is 4.12. The van der Waals surface area contributed by atoms with E-state index in [1.54, 1.807) is 24.3 Å². The van der Waals surface area contributed by atoms with E-state index < -0.39 is 0 Å². The van der Waals surface area contributed by atoms with Gasteiger partial charge in [0.2, 0.25) is 0 Å². The molecule has 1 aliphatic carbocycles. The lowest BCUT2D eigenvalue weighted by molar-refractivity contribution is 0.0792. The zero-order valence-electron chi connectivity index (χ0n) is 16.5. The highest BCUT2D eigenvalue weighted by Gasteiger charge is 2.20. The summed E-state index contributed by atoms with van der Waals surface area (Å²) in [4.78, 5) is 30.6. The zero-order valence-corrected chi connectivity index (χ0v) is 16.5. The van der Waals surface area contributed by atoms with Crippen molar-refractivity contribution in [2.24, 2.45) is 0 Å². The second-order valence-corrected chi connectivity index (χ2v) is 8.08. The van der Waals surface area contributed by atoms with E-state index in [9.17, 15) is 9.59 Å². The van der Waals surface area contributed by atoms with Crippen molar-refractivity contribution < 1.29 is 9.59 Å². The molecule has 3 aromatic rings. The van der Waals surface area contributed by atoms with Crippen LogP contribution in [0.3, 0.4) is 0 Å². The molecule has 0 spiro atoms. The number of rotatable bonds is 3. The van der Waals surface area contributed by atoms with Crippen LogP contribution in [-0.4, -0.2) is 34.8 Å². The molecule has 2 amide bonds. The lowest BCUT2D eigenvalue weighted by Gasteiger charge is -2.15. The third-order valence-electron chi connectivity index (χ3n) is 6.14. The highest BCUT2D eigenvalue weighted by Crippen LogP contribution is 2.30. The SMILES string of the molecule is O=C(Nc1ccc(C(=O)N2CCCC2)cc1)c1ccc2[nH]c3c(c2c1)CCCC3. The number of aromatic amines is 1. The van der Waals surface area contributed by atoms with E-state index in [2.05, 4.69) is 10.3 Å². The van der Waals surface area contributed by atoms with Gasteiger partial charge in [-0.05, 0) is 86.6 Å². The van der Waals surface area contributed by atoms with Gasteiger partial charge in [0.25, 0.3) is 11.8 Å². The van der Waals surface area contributed by atoms with Gasteiger partial charge in [0.05, 0.1) is 0 Å². The molecule has 2 N–H and O–H groups in total. The number of nitrogens with one attached hydrogen (secondary N) is 2. The Morgan fingerprint density at radius 1 is 0.862 bits per heavy atom. The summed E-state index contributed by atoms with van der Waals surface area (Å²) >= 11 is 0. The van der Waals surface area contributed by atoms with E-state index >= 15 is 0 Å². The molecule has 2 aliphatic rings. The summed E-state index contributed by atoms with van der Waals surface area (Å²) in [5.74, 6) is -0.0562. The van der Waals surface area contributed by atoms with Crippen LogP contribution < -0.4 is 5.32 Å². The molecule has 1 saturated heterocycles. The lowest BCUT2D eigenvalue weighted by atomic mass is 9.95. The molecule has 0 saturated carbocycles. The summed E-state index contributed by atoms with van der Waals surface area (Å²) in [6.07, 6.45) is 6.76. The molecule has 1 aliphatic heterocycles. The molecule has 5 rings (SSSR count). The summed E-state index contributed by atoms with van der Waals surface area (Å²) in [7, 11) is 0. The molecule has 0 bridgehead atoms. The van der Waals surface area contributed by atoms with Crippen LogP contribution in [0, 0.1) is 0 Å². The smallest absolute Gasteiger partial charge is 0.255 e. The maximum absolute atomic E-state index is 12.8. The van der Waals surface area contributed by atoms with Gasteiger partial charge in [0.15, 0.2) is 0 Å². The second-order valence-electron chi connectivity index (χ2n) is 8.08. The van der Waals surface area contributed by atoms with E-state index in [-0.39, 0.29) is 11.8 Å². The molecule has 0 unspecified atom stereocenters. The normalized spacial score (nSPS) is 16.1. The van der Waals surface area contributed by atoms with Crippen LogP contribution >= 0.6 is 0 Å². The second kappa shape index (κ2) is 7.39. The molecular weight excluding hydrogens is 362 g/mol. The molecular formula is C24H25N3O2. The molecule has 148 valence electrons. The molecule has 0 atom stereocenters. The Morgan fingerprint density at radius 3 is 2.38 bits per heavy atom. The molecule has 2 heterocycles. The number of H-pyrrole nitrogens is 1. The van der Waals surface area contributed by atoms with Gasteiger partial charge in [0, 0.05) is 46.5 Å². The van der Waals surface area contributed by atoms with Crippen molar-refractivity contribution in [3.05, 3.63) is 64.8 Å². The predicted molar refractivity (Wildman–Crippen MR) is 114 cm³/mol. The summed E-state index contributed by atoms with van der Waals surface area (Å²) in [6.45, 7) is 1.67. The Balaban J connectivity index is 1.32. The van der Waals surface area contributed by atoms with Crippen LogP contribution in [0.15, 0.2) is 42.5 Å². The quantitative estimate of drug-likeness (QED) is 0.693. The minimum atomic E-state index is -0.128. The fraction of sp³-hybridized carbons (Fsp3) is 0.333. The largest absolute Gasteiger partial charge is 0.358 e. The number of aryl methyl sites for hydroxylation is 2. The van der Waals surface area contributed by atoms with Gasteiger partial charge in [-0.1, -0.05) is 0 Å². The number of hydrogen-bond donors (Lipinski definition) is 2. The topological polar surface area (TPSA) is 65.2 Å². The number of likely N-dealkylation sites (tertiary alicyclic amines) is 1. The average Bonchev–Trinajstić information content (AvgIpc) is 3.41. The fourth-order valence-corrected chi connectivity index (χ4v) is 4.55. The number of anilines is 1. The monoisotopic (exact) mass is 387 g/mol. The van der Waals surface area contributed by atoms with E-state index in [4.69, 9.17) is 0 Å². The molecule has 1 fully saturated rings. The molecule has 5 heteroatoms. The first kappa shape index (κ1) is 18.0. The number of aromatic nitrogens is 1. The number of amides is 2. The van der Waals surface area contributed by atoms with Gasteiger partial charge in [-0.3, -0.25) is 9.59 Å². The van der Waals surface area contributed by atoms with Crippen molar-refractivity contribution >= 4 is 28.4 Å². The van der Waals surface area contributed by atoms with Crippen molar-refractivity contribution in [2.75, 3.05) is 18.4 Å². The van der Waals surface area contributed by atoms with Crippen molar-refractivity contribution in [1.29, 1.82) is 0 Å². The maximum atomic E-state index is 12.8. The average molecular weight is 387 g/mol. The lowest BCUT2D eigenvalue weighted by Crippen LogP contribution is -2.27. The van der Waals surface area contributed by atoms with E-state index in [1.807, 2.05) is 23.1 Å². The molecule has 1 aromatic heterocycles. The van der Waals surface area contributed by atoms with Gasteiger partial charge in [0.1, 0.15) is 0 Å². The van der Waals surface area contributed by atoms with Crippen molar-refractivity contribution in [3.63, 3.8) is 0 Å². The fourth-order valence-electron chi connectivity index (χ4n) is 4.55. The highest BCUT2D eigenvalue weighted by atomic mass is 16.2. The molecule has 2 aromatic carbocycles. The van der Waals surface area contributed by atoms with Gasteiger partial charge >= 0.3 is 0 Å². The predicted octanol–water partition coefficient (Wildman–Crippen LogP) is 4.54. The summed E-state index contributed by atoms with van der Waals surface area (Å²) in [6, 6.07) is 13.1. The van der Waals surface area contributed by atoms with Crippen LogP contribution in [0.25, 0.3) is 10.9 Å². The number of fused-ring (bicyclic) bond motifs is 3. The van der Waals surface area contributed by atoms with Crippen LogP contribution in [-0.2, 0) is 12.8 Å². The van der Waals surface area contributed by atoms with Gasteiger partial charge in [-0.2, -0.15) is 0 Å². The van der Waals surface area contributed by atoms with Crippen molar-refractivity contribution in [3.8, 4) is 0 Å². The third-order valence-corrected chi connectivity index (χ3v) is 6.14. The Labute approximate surface area is 170 Å². The van der Waals surface area contributed by atoms with E-state index in [1.165, 1.54) is 29.5 Å². The number of hydrogen-bond acceptors (Lipinski definition) is 2. The Hall–Kier alpha value is -3.08. The Morgan fingerprint density at radius 2 is 1.59 bits per heavy atom. The third kappa shape index (κ3) is 3.41. The maximum Gasteiger partial charge on any atom is 0.255 e. The number of benzene rings is 2. The minimum absolute atomic E-state index is 0.0723. The van der Waals surface area contributed by atoms with E-state index in [0.29, 0.717) is 16.8 Å². The van der Waals surface area contributed by atoms with Gasteiger partial charge in [-0.25, -0.2) is 0 Å². The van der Waals surface area contributed by atoms with Crippen LogP contribution in [0.4, 0.5) is 5.69 Å². The standard InChI is InChI=1S/C24H25N3O2/c28-23(17-9-12-22-20(15-17)19-5-1-2-6-21(19)26-22)25-18-10-7-16(8-11-18)24(29)27-13-3-4-14-27/h7-12,15,26H,1-6,13-14H2,(H,25,28). The first-order chi connectivity index (χ1) is 14.2. The molecule has 29 heavy (non-hydrogen) atoms. The Kier molecular flexibility index (Phi) is 4.58. The zero-order chi connectivity index (χ0) is 19.8.